The van der Waals surface area contributed by atoms with Gasteiger partial charge in [0.1, 0.15) is 0 Å². The van der Waals surface area contributed by atoms with E-state index in [0.29, 0.717) is 28.8 Å². The summed E-state index contributed by atoms with van der Waals surface area (Å²) in [4.78, 5) is 13.7. The molecule has 0 aliphatic carbocycles. The first-order chi connectivity index (χ1) is 8.16. The van der Waals surface area contributed by atoms with E-state index in [2.05, 4.69) is 10.6 Å². The normalized spacial score (nSPS) is 15.8. The summed E-state index contributed by atoms with van der Waals surface area (Å²) in [5.41, 5.74) is 0.583. The third-order valence-electron chi connectivity index (χ3n) is 2.58. The first-order valence-corrected chi connectivity index (χ1v) is 6.14. The fourth-order valence-electron chi connectivity index (χ4n) is 1.65. The Labute approximate surface area is 110 Å². The molecule has 2 rings (SSSR count). The van der Waals surface area contributed by atoms with Crippen LogP contribution < -0.4 is 10.6 Å². The molecule has 1 aromatic carbocycles. The Bertz CT molecular complexity index is 419. The number of halogens is 2. The van der Waals surface area contributed by atoms with Gasteiger partial charge in [-0.3, -0.25) is 0 Å². The molecule has 0 saturated carbocycles. The predicted molar refractivity (Wildman–Crippen MR) is 69.9 cm³/mol. The van der Waals surface area contributed by atoms with E-state index in [1.54, 1.807) is 23.1 Å². The maximum Gasteiger partial charge on any atom is 0.321 e. The minimum atomic E-state index is -0.129. The zero-order chi connectivity index (χ0) is 12.3. The van der Waals surface area contributed by atoms with E-state index in [0.717, 1.165) is 13.1 Å². The molecule has 0 radical (unpaired) electrons. The SMILES string of the molecule is O=C(Nc1ccc(Cl)cc1Cl)N1CCNCC1. The number of benzene rings is 1. The molecule has 2 N–H and O–H groups in total. The Kier molecular flexibility index (Phi) is 4.10. The summed E-state index contributed by atoms with van der Waals surface area (Å²) in [5, 5.41) is 6.96. The van der Waals surface area contributed by atoms with Gasteiger partial charge in [0.25, 0.3) is 0 Å². The maximum atomic E-state index is 11.9. The van der Waals surface area contributed by atoms with Gasteiger partial charge in [-0.25, -0.2) is 4.79 Å². The topological polar surface area (TPSA) is 44.4 Å². The zero-order valence-electron chi connectivity index (χ0n) is 9.17. The van der Waals surface area contributed by atoms with Crippen molar-refractivity contribution >= 4 is 34.9 Å². The Hall–Kier alpha value is -0.970. The lowest BCUT2D eigenvalue weighted by Gasteiger charge is -2.27. The van der Waals surface area contributed by atoms with Crippen molar-refractivity contribution in [1.29, 1.82) is 0 Å². The van der Waals surface area contributed by atoms with Gasteiger partial charge in [-0.2, -0.15) is 0 Å². The van der Waals surface area contributed by atoms with Crippen LogP contribution in [0, 0.1) is 0 Å². The molecule has 1 aliphatic heterocycles. The number of urea groups is 1. The number of carbonyl (C=O) groups excluding carboxylic acids is 1. The molecule has 0 atom stereocenters. The molecule has 2 amide bonds. The lowest BCUT2D eigenvalue weighted by molar-refractivity contribution is 0.204. The van der Waals surface area contributed by atoms with Crippen molar-refractivity contribution in [2.24, 2.45) is 0 Å². The van der Waals surface area contributed by atoms with Crippen LogP contribution in [0.4, 0.5) is 10.5 Å². The summed E-state index contributed by atoms with van der Waals surface area (Å²) in [5.74, 6) is 0. The van der Waals surface area contributed by atoms with Gasteiger partial charge in [0.15, 0.2) is 0 Å². The standard InChI is InChI=1S/C11H13Cl2N3O/c12-8-1-2-10(9(13)7-8)15-11(17)16-5-3-14-4-6-16/h1-2,7,14H,3-6H2,(H,15,17). The molecule has 1 heterocycles. The summed E-state index contributed by atoms with van der Waals surface area (Å²) in [7, 11) is 0. The lowest BCUT2D eigenvalue weighted by Crippen LogP contribution is -2.48. The number of carbonyl (C=O) groups is 1. The van der Waals surface area contributed by atoms with Gasteiger partial charge in [-0.15, -0.1) is 0 Å². The van der Waals surface area contributed by atoms with Crippen LogP contribution in [0.15, 0.2) is 18.2 Å². The number of anilines is 1. The molecule has 6 heteroatoms. The second kappa shape index (κ2) is 5.58. The molecular formula is C11H13Cl2N3O. The highest BCUT2D eigenvalue weighted by atomic mass is 35.5. The Morgan fingerprint density at radius 2 is 2.00 bits per heavy atom. The molecule has 1 aliphatic rings. The first kappa shape index (κ1) is 12.5. The molecule has 4 nitrogen and oxygen atoms in total. The number of nitrogens with zero attached hydrogens (tertiary/aromatic N) is 1. The van der Waals surface area contributed by atoms with Gasteiger partial charge in [0, 0.05) is 31.2 Å². The summed E-state index contributed by atoms with van der Waals surface area (Å²) >= 11 is 11.8. The number of piperazine rings is 1. The Morgan fingerprint density at radius 3 is 2.65 bits per heavy atom. The third kappa shape index (κ3) is 3.25. The van der Waals surface area contributed by atoms with Crippen molar-refractivity contribution in [1.82, 2.24) is 10.2 Å². The third-order valence-corrected chi connectivity index (χ3v) is 3.12. The van der Waals surface area contributed by atoms with E-state index >= 15 is 0 Å². The number of amides is 2. The number of nitrogens with one attached hydrogen (secondary N) is 2. The van der Waals surface area contributed by atoms with Crippen molar-refractivity contribution in [3.8, 4) is 0 Å². The van der Waals surface area contributed by atoms with E-state index < -0.39 is 0 Å². The summed E-state index contributed by atoms with van der Waals surface area (Å²) < 4.78 is 0. The average Bonchev–Trinajstić information content (AvgIpc) is 2.34. The molecule has 0 aromatic heterocycles. The van der Waals surface area contributed by atoms with Crippen LogP contribution >= 0.6 is 23.2 Å². The highest BCUT2D eigenvalue weighted by molar-refractivity contribution is 6.36. The van der Waals surface area contributed by atoms with Crippen molar-refractivity contribution in [3.63, 3.8) is 0 Å². The molecule has 1 aromatic rings. The summed E-state index contributed by atoms with van der Waals surface area (Å²) in [6, 6.07) is 4.87. The first-order valence-electron chi connectivity index (χ1n) is 5.38. The molecule has 0 bridgehead atoms. The molecule has 17 heavy (non-hydrogen) atoms. The van der Waals surface area contributed by atoms with Crippen molar-refractivity contribution in [2.75, 3.05) is 31.5 Å². The minimum absolute atomic E-state index is 0.129. The molecule has 92 valence electrons. The van der Waals surface area contributed by atoms with E-state index in [1.807, 2.05) is 0 Å². The molecule has 0 unspecified atom stereocenters. The fraction of sp³-hybridized carbons (Fsp3) is 0.364. The van der Waals surface area contributed by atoms with Crippen LogP contribution in [0.25, 0.3) is 0 Å². The quantitative estimate of drug-likeness (QED) is 0.826. The largest absolute Gasteiger partial charge is 0.322 e. The van der Waals surface area contributed by atoms with E-state index in [1.165, 1.54) is 0 Å². The average molecular weight is 274 g/mol. The van der Waals surface area contributed by atoms with Crippen LogP contribution in [0.3, 0.4) is 0 Å². The van der Waals surface area contributed by atoms with Crippen molar-refractivity contribution < 1.29 is 4.79 Å². The summed E-state index contributed by atoms with van der Waals surface area (Å²) in [6.45, 7) is 3.05. The molecule has 1 fully saturated rings. The van der Waals surface area contributed by atoms with E-state index in [-0.39, 0.29) is 6.03 Å². The second-order valence-electron chi connectivity index (χ2n) is 3.79. The highest BCUT2D eigenvalue weighted by Gasteiger charge is 2.16. The van der Waals surface area contributed by atoms with E-state index in [4.69, 9.17) is 23.2 Å². The van der Waals surface area contributed by atoms with Gasteiger partial charge in [0.05, 0.1) is 10.7 Å². The number of rotatable bonds is 1. The Balaban J connectivity index is 2.02. The van der Waals surface area contributed by atoms with Gasteiger partial charge >= 0.3 is 6.03 Å². The van der Waals surface area contributed by atoms with Crippen LogP contribution in [0.1, 0.15) is 0 Å². The number of hydrogen-bond donors (Lipinski definition) is 2. The van der Waals surface area contributed by atoms with Gasteiger partial charge in [-0.05, 0) is 18.2 Å². The Morgan fingerprint density at radius 1 is 1.29 bits per heavy atom. The van der Waals surface area contributed by atoms with E-state index in [9.17, 15) is 4.79 Å². The molecule has 1 saturated heterocycles. The summed E-state index contributed by atoms with van der Waals surface area (Å²) in [6.07, 6.45) is 0. The predicted octanol–water partition coefficient (Wildman–Crippen LogP) is 2.43. The number of hydrogen-bond acceptors (Lipinski definition) is 2. The van der Waals surface area contributed by atoms with Crippen LogP contribution in [0.2, 0.25) is 10.0 Å². The van der Waals surface area contributed by atoms with Crippen LogP contribution in [-0.2, 0) is 0 Å². The van der Waals surface area contributed by atoms with Crippen molar-refractivity contribution in [2.45, 2.75) is 0 Å². The second-order valence-corrected chi connectivity index (χ2v) is 4.64. The smallest absolute Gasteiger partial charge is 0.321 e. The minimum Gasteiger partial charge on any atom is -0.322 e. The van der Waals surface area contributed by atoms with Crippen LogP contribution in [-0.4, -0.2) is 37.1 Å². The van der Waals surface area contributed by atoms with Gasteiger partial charge < -0.3 is 15.5 Å². The molecule has 0 spiro atoms. The fourth-order valence-corrected chi connectivity index (χ4v) is 2.11. The monoisotopic (exact) mass is 273 g/mol. The highest BCUT2D eigenvalue weighted by Crippen LogP contribution is 2.25. The van der Waals surface area contributed by atoms with Crippen molar-refractivity contribution in [3.05, 3.63) is 28.2 Å². The van der Waals surface area contributed by atoms with Gasteiger partial charge in [0.2, 0.25) is 0 Å². The molecular weight excluding hydrogens is 261 g/mol. The lowest BCUT2D eigenvalue weighted by atomic mass is 10.3. The van der Waals surface area contributed by atoms with Gasteiger partial charge in [-0.1, -0.05) is 23.2 Å². The maximum absolute atomic E-state index is 11.9. The zero-order valence-corrected chi connectivity index (χ0v) is 10.7. The van der Waals surface area contributed by atoms with Crippen LogP contribution in [0.5, 0.6) is 0 Å².